The summed E-state index contributed by atoms with van der Waals surface area (Å²) in [6.45, 7) is 2.53. The van der Waals surface area contributed by atoms with Crippen molar-refractivity contribution in [1.29, 1.82) is 0 Å². The summed E-state index contributed by atoms with van der Waals surface area (Å²) in [5, 5.41) is 8.30. The number of benzene rings is 1. The molecule has 2 N–H and O–H groups in total. The van der Waals surface area contributed by atoms with Crippen molar-refractivity contribution in [3.05, 3.63) is 48.4 Å². The zero-order chi connectivity index (χ0) is 16.4. The van der Waals surface area contributed by atoms with Crippen molar-refractivity contribution in [1.82, 2.24) is 14.8 Å². The first kappa shape index (κ1) is 15.0. The second-order valence-electron chi connectivity index (χ2n) is 6.24. The van der Waals surface area contributed by atoms with E-state index in [0.29, 0.717) is 11.5 Å². The van der Waals surface area contributed by atoms with Crippen molar-refractivity contribution < 1.29 is 9.53 Å². The molecule has 3 heterocycles. The molecular weight excluding hydrogens is 304 g/mol. The average molecular weight is 324 g/mol. The van der Waals surface area contributed by atoms with Crippen molar-refractivity contribution in [2.45, 2.75) is 19.4 Å². The Bertz CT molecular complexity index is 845. The Morgan fingerprint density at radius 2 is 2.21 bits per heavy atom. The van der Waals surface area contributed by atoms with Gasteiger partial charge < -0.3 is 15.0 Å². The van der Waals surface area contributed by atoms with Gasteiger partial charge in [0.05, 0.1) is 11.9 Å². The quantitative estimate of drug-likeness (QED) is 0.775. The lowest BCUT2D eigenvalue weighted by Crippen LogP contribution is -2.20. The summed E-state index contributed by atoms with van der Waals surface area (Å²) < 4.78 is 7.28. The molecule has 0 atom stereocenters. The van der Waals surface area contributed by atoms with Crippen LogP contribution in [0.15, 0.2) is 42.9 Å². The lowest BCUT2D eigenvalue weighted by atomic mass is 10.0. The molecule has 0 radical (unpaired) electrons. The first-order valence-electron chi connectivity index (χ1n) is 8.26. The summed E-state index contributed by atoms with van der Waals surface area (Å²) in [6.07, 6.45) is 7.59. The van der Waals surface area contributed by atoms with E-state index in [1.54, 1.807) is 6.20 Å². The second kappa shape index (κ2) is 6.49. The number of aromatic nitrogens is 3. The van der Waals surface area contributed by atoms with Gasteiger partial charge in [0.2, 0.25) is 0 Å². The zero-order valence-corrected chi connectivity index (χ0v) is 13.4. The number of aromatic amines is 1. The fourth-order valence-corrected chi connectivity index (χ4v) is 3.12. The number of fused-ring (bicyclic) bond motifs is 1. The number of rotatable bonds is 4. The molecule has 24 heavy (non-hydrogen) atoms. The molecule has 1 aliphatic heterocycles. The summed E-state index contributed by atoms with van der Waals surface area (Å²) in [5.74, 6) is 0.474. The van der Waals surface area contributed by atoms with Crippen LogP contribution in [0.2, 0.25) is 0 Å². The lowest BCUT2D eigenvalue weighted by molar-refractivity contribution is 0.0601. The molecule has 0 unspecified atom stereocenters. The SMILES string of the molecule is O=C(Nc1cnn(CC2CCOCC2)c1)c1ccc2[nH]ccc2c1. The van der Waals surface area contributed by atoms with Gasteiger partial charge in [-0.1, -0.05) is 0 Å². The van der Waals surface area contributed by atoms with Gasteiger partial charge in [0.25, 0.3) is 5.91 Å². The van der Waals surface area contributed by atoms with E-state index in [1.165, 1.54) is 0 Å². The standard InChI is InChI=1S/C18H20N4O2/c23-18(15-1-2-17-14(9-15)3-6-19-17)21-16-10-20-22(12-16)11-13-4-7-24-8-5-13/h1-3,6,9-10,12-13,19H,4-5,7-8,11H2,(H,21,23). The van der Waals surface area contributed by atoms with E-state index < -0.39 is 0 Å². The van der Waals surface area contributed by atoms with Gasteiger partial charge in [0, 0.05) is 48.6 Å². The van der Waals surface area contributed by atoms with Crippen molar-refractivity contribution in [2.75, 3.05) is 18.5 Å². The van der Waals surface area contributed by atoms with Crippen molar-refractivity contribution in [2.24, 2.45) is 5.92 Å². The van der Waals surface area contributed by atoms with Crippen LogP contribution in [0.5, 0.6) is 0 Å². The summed E-state index contributed by atoms with van der Waals surface area (Å²) in [7, 11) is 0. The number of carbonyl (C=O) groups excluding carboxylic acids is 1. The molecule has 124 valence electrons. The Labute approximate surface area is 139 Å². The molecule has 1 aliphatic rings. The Kier molecular flexibility index (Phi) is 4.04. The molecule has 6 heteroatoms. The number of anilines is 1. The predicted octanol–water partition coefficient (Wildman–Crippen LogP) is 3.04. The number of H-pyrrole nitrogens is 1. The van der Waals surface area contributed by atoms with E-state index in [-0.39, 0.29) is 5.91 Å². The van der Waals surface area contributed by atoms with Crippen LogP contribution in [0.3, 0.4) is 0 Å². The van der Waals surface area contributed by atoms with Gasteiger partial charge in [-0.2, -0.15) is 5.10 Å². The zero-order valence-electron chi connectivity index (χ0n) is 13.4. The molecular formula is C18H20N4O2. The van der Waals surface area contributed by atoms with E-state index in [4.69, 9.17) is 4.74 Å². The maximum absolute atomic E-state index is 12.4. The molecule has 3 aromatic rings. The van der Waals surface area contributed by atoms with Crippen LogP contribution < -0.4 is 5.32 Å². The van der Waals surface area contributed by atoms with Gasteiger partial charge in [0.15, 0.2) is 0 Å². The summed E-state index contributed by atoms with van der Waals surface area (Å²) >= 11 is 0. The molecule has 0 bridgehead atoms. The van der Waals surface area contributed by atoms with Crippen LogP contribution in [-0.4, -0.2) is 33.9 Å². The third-order valence-electron chi connectivity index (χ3n) is 4.49. The minimum absolute atomic E-state index is 0.122. The monoisotopic (exact) mass is 324 g/mol. The molecule has 0 aliphatic carbocycles. The number of hydrogen-bond acceptors (Lipinski definition) is 3. The summed E-state index contributed by atoms with van der Waals surface area (Å²) in [5.41, 5.74) is 2.39. The Morgan fingerprint density at radius 3 is 3.08 bits per heavy atom. The Morgan fingerprint density at radius 1 is 1.33 bits per heavy atom. The van der Waals surface area contributed by atoms with Gasteiger partial charge in [-0.05, 0) is 43.0 Å². The van der Waals surface area contributed by atoms with E-state index >= 15 is 0 Å². The summed E-state index contributed by atoms with van der Waals surface area (Å²) in [4.78, 5) is 15.5. The van der Waals surface area contributed by atoms with E-state index in [2.05, 4.69) is 15.4 Å². The number of ether oxygens (including phenoxy) is 1. The second-order valence-corrected chi connectivity index (χ2v) is 6.24. The highest BCUT2D eigenvalue weighted by molar-refractivity contribution is 6.06. The number of nitrogens with zero attached hydrogens (tertiary/aromatic N) is 2. The third kappa shape index (κ3) is 3.19. The normalized spacial score (nSPS) is 15.7. The van der Waals surface area contributed by atoms with Crippen LogP contribution in [0.1, 0.15) is 23.2 Å². The third-order valence-corrected chi connectivity index (χ3v) is 4.49. The van der Waals surface area contributed by atoms with Crippen molar-refractivity contribution >= 4 is 22.5 Å². The Hall–Kier alpha value is -2.60. The number of hydrogen-bond donors (Lipinski definition) is 2. The van der Waals surface area contributed by atoms with Crippen LogP contribution in [0, 0.1) is 5.92 Å². The van der Waals surface area contributed by atoms with Crippen molar-refractivity contribution in [3.63, 3.8) is 0 Å². The molecule has 4 rings (SSSR count). The fraction of sp³-hybridized carbons (Fsp3) is 0.333. The highest BCUT2D eigenvalue weighted by atomic mass is 16.5. The molecule has 2 aromatic heterocycles. The average Bonchev–Trinajstić information content (AvgIpc) is 3.24. The highest BCUT2D eigenvalue weighted by Gasteiger charge is 2.15. The van der Waals surface area contributed by atoms with Gasteiger partial charge >= 0.3 is 0 Å². The molecule has 1 aromatic carbocycles. The summed E-state index contributed by atoms with van der Waals surface area (Å²) in [6, 6.07) is 7.57. The molecule has 0 spiro atoms. The van der Waals surface area contributed by atoms with Gasteiger partial charge in [-0.15, -0.1) is 0 Å². The highest BCUT2D eigenvalue weighted by Crippen LogP contribution is 2.18. The molecule has 1 fully saturated rings. The van der Waals surface area contributed by atoms with Crippen molar-refractivity contribution in [3.8, 4) is 0 Å². The van der Waals surface area contributed by atoms with Gasteiger partial charge in [-0.25, -0.2) is 0 Å². The number of amides is 1. The smallest absolute Gasteiger partial charge is 0.255 e. The number of nitrogens with one attached hydrogen (secondary N) is 2. The topological polar surface area (TPSA) is 71.9 Å². The molecule has 1 saturated heterocycles. The largest absolute Gasteiger partial charge is 0.381 e. The molecule has 1 amide bonds. The van der Waals surface area contributed by atoms with Gasteiger partial charge in [-0.3, -0.25) is 9.48 Å². The number of carbonyl (C=O) groups is 1. The van der Waals surface area contributed by atoms with E-state index in [1.807, 2.05) is 41.3 Å². The molecule has 0 saturated carbocycles. The maximum atomic E-state index is 12.4. The minimum Gasteiger partial charge on any atom is -0.381 e. The minimum atomic E-state index is -0.122. The van der Waals surface area contributed by atoms with E-state index in [9.17, 15) is 4.79 Å². The maximum Gasteiger partial charge on any atom is 0.255 e. The fourth-order valence-electron chi connectivity index (χ4n) is 3.12. The first-order chi connectivity index (χ1) is 11.8. The molecule has 6 nitrogen and oxygen atoms in total. The first-order valence-corrected chi connectivity index (χ1v) is 8.26. The van der Waals surface area contributed by atoms with Gasteiger partial charge in [0.1, 0.15) is 0 Å². The van der Waals surface area contributed by atoms with Crippen LogP contribution in [0.25, 0.3) is 10.9 Å². The van der Waals surface area contributed by atoms with Crippen LogP contribution >= 0.6 is 0 Å². The Balaban J connectivity index is 1.41. The van der Waals surface area contributed by atoms with Crippen LogP contribution in [-0.2, 0) is 11.3 Å². The lowest BCUT2D eigenvalue weighted by Gasteiger charge is -2.21. The van der Waals surface area contributed by atoms with Crippen LogP contribution in [0.4, 0.5) is 5.69 Å². The van der Waals surface area contributed by atoms with E-state index in [0.717, 1.165) is 49.2 Å². The predicted molar refractivity (Wildman–Crippen MR) is 92.0 cm³/mol.